The van der Waals surface area contributed by atoms with Gasteiger partial charge < -0.3 is 10.1 Å². The fourth-order valence-electron chi connectivity index (χ4n) is 3.38. The number of rotatable bonds is 2. The van der Waals surface area contributed by atoms with Gasteiger partial charge in [0, 0.05) is 41.0 Å². The third kappa shape index (κ3) is 1.93. The van der Waals surface area contributed by atoms with Gasteiger partial charge in [-0.3, -0.25) is 4.98 Å². The Bertz CT molecular complexity index is 634. The average molecular weight is 291 g/mol. The molecule has 4 rings (SSSR count). The number of nitrogens with zero attached hydrogens (tertiary/aromatic N) is 3. The maximum Gasteiger partial charge on any atom is 0.159 e. The smallest absolute Gasteiger partial charge is 0.159 e. The van der Waals surface area contributed by atoms with Crippen LogP contribution in [-0.2, 0) is 4.74 Å². The van der Waals surface area contributed by atoms with Crippen LogP contribution in [0.1, 0.15) is 12.8 Å². The average Bonchev–Trinajstić information content (AvgIpc) is 2.71. The summed E-state index contributed by atoms with van der Waals surface area (Å²) in [5.41, 5.74) is 0. The Labute approximate surface area is 121 Å². The summed E-state index contributed by atoms with van der Waals surface area (Å²) in [4.78, 5) is 4.17. The molecule has 6 heteroatoms. The lowest BCUT2D eigenvalue weighted by molar-refractivity contribution is 0.0392. The van der Waals surface area contributed by atoms with Crippen LogP contribution in [-0.4, -0.2) is 34.4 Å². The van der Waals surface area contributed by atoms with E-state index in [1.54, 1.807) is 12.4 Å². The molecule has 2 fully saturated rings. The second kappa shape index (κ2) is 4.82. The van der Waals surface area contributed by atoms with Crippen LogP contribution in [0.2, 0.25) is 5.15 Å². The van der Waals surface area contributed by atoms with E-state index in [1.165, 1.54) is 12.8 Å². The van der Waals surface area contributed by atoms with E-state index in [0.29, 0.717) is 23.0 Å². The minimum atomic E-state index is 0.419. The Morgan fingerprint density at radius 3 is 2.75 bits per heavy atom. The molecule has 3 atom stereocenters. The number of anilines is 1. The predicted octanol–water partition coefficient (Wildman–Crippen LogP) is 2.52. The monoisotopic (exact) mass is 290 g/mol. The van der Waals surface area contributed by atoms with Crippen molar-refractivity contribution in [2.75, 3.05) is 18.5 Å². The zero-order chi connectivity index (χ0) is 13.5. The summed E-state index contributed by atoms with van der Waals surface area (Å²) in [6.07, 6.45) is 5.95. The van der Waals surface area contributed by atoms with E-state index in [-0.39, 0.29) is 0 Å². The summed E-state index contributed by atoms with van der Waals surface area (Å²) in [6.45, 7) is 1.68. The first-order valence-corrected chi connectivity index (χ1v) is 7.31. The van der Waals surface area contributed by atoms with Crippen molar-refractivity contribution in [3.8, 4) is 0 Å². The van der Waals surface area contributed by atoms with Gasteiger partial charge in [-0.1, -0.05) is 11.6 Å². The van der Waals surface area contributed by atoms with Crippen LogP contribution in [0.5, 0.6) is 0 Å². The van der Waals surface area contributed by atoms with Gasteiger partial charge in [0.05, 0.1) is 13.2 Å². The molecule has 2 bridgehead atoms. The van der Waals surface area contributed by atoms with Crippen molar-refractivity contribution < 1.29 is 4.74 Å². The second-order valence-corrected chi connectivity index (χ2v) is 5.92. The SMILES string of the molecule is Clc1nnc(NC2C3CC[C@@H]2COC3)c2cnccc12. The number of nitrogens with one attached hydrogen (secondary N) is 1. The van der Waals surface area contributed by atoms with E-state index in [0.717, 1.165) is 29.8 Å². The minimum Gasteiger partial charge on any atom is -0.381 e. The van der Waals surface area contributed by atoms with Crippen molar-refractivity contribution in [1.29, 1.82) is 0 Å². The Kier molecular flexibility index (Phi) is 2.97. The molecule has 0 aromatic carbocycles. The summed E-state index contributed by atoms with van der Waals surface area (Å²) in [6, 6.07) is 2.29. The van der Waals surface area contributed by atoms with Gasteiger partial charge >= 0.3 is 0 Å². The number of aromatic nitrogens is 3. The first kappa shape index (κ1) is 12.3. The number of hydrogen-bond donors (Lipinski definition) is 1. The van der Waals surface area contributed by atoms with Gasteiger partial charge in [0.15, 0.2) is 11.0 Å². The molecule has 104 valence electrons. The van der Waals surface area contributed by atoms with Crippen molar-refractivity contribution in [3.63, 3.8) is 0 Å². The van der Waals surface area contributed by atoms with E-state index >= 15 is 0 Å². The van der Waals surface area contributed by atoms with Crippen molar-refractivity contribution in [1.82, 2.24) is 15.2 Å². The summed E-state index contributed by atoms with van der Waals surface area (Å²) >= 11 is 6.09. The maximum atomic E-state index is 6.09. The first-order valence-electron chi connectivity index (χ1n) is 6.93. The Morgan fingerprint density at radius 1 is 1.15 bits per heavy atom. The molecule has 0 radical (unpaired) electrons. The van der Waals surface area contributed by atoms with Crippen molar-refractivity contribution in [2.45, 2.75) is 18.9 Å². The number of fused-ring (bicyclic) bond motifs is 3. The molecule has 2 aliphatic rings. The fraction of sp³-hybridized carbons (Fsp3) is 0.500. The quantitative estimate of drug-likeness (QED) is 0.921. The van der Waals surface area contributed by atoms with Crippen LogP contribution in [0, 0.1) is 11.8 Å². The van der Waals surface area contributed by atoms with Crippen LogP contribution < -0.4 is 5.32 Å². The fourth-order valence-corrected chi connectivity index (χ4v) is 3.58. The highest BCUT2D eigenvalue weighted by Crippen LogP contribution is 2.38. The summed E-state index contributed by atoms with van der Waals surface area (Å²) in [5, 5.41) is 14.1. The number of ether oxygens (including phenoxy) is 1. The lowest BCUT2D eigenvalue weighted by Gasteiger charge is -2.31. The first-order chi connectivity index (χ1) is 9.83. The molecule has 2 aromatic rings. The van der Waals surface area contributed by atoms with E-state index in [9.17, 15) is 0 Å². The predicted molar refractivity (Wildman–Crippen MR) is 76.8 cm³/mol. The van der Waals surface area contributed by atoms with Crippen LogP contribution in [0.3, 0.4) is 0 Å². The lowest BCUT2D eigenvalue weighted by atomic mass is 9.96. The van der Waals surface area contributed by atoms with Crippen LogP contribution in [0.4, 0.5) is 5.82 Å². The molecule has 2 aromatic heterocycles. The lowest BCUT2D eigenvalue weighted by Crippen LogP contribution is -2.39. The summed E-state index contributed by atoms with van der Waals surface area (Å²) in [5.74, 6) is 1.91. The van der Waals surface area contributed by atoms with Gasteiger partial charge in [-0.15, -0.1) is 10.2 Å². The van der Waals surface area contributed by atoms with Crippen LogP contribution >= 0.6 is 11.6 Å². The molecular formula is C14H15ClN4O. The molecule has 3 heterocycles. The van der Waals surface area contributed by atoms with E-state index < -0.39 is 0 Å². The van der Waals surface area contributed by atoms with Gasteiger partial charge in [-0.2, -0.15) is 0 Å². The third-order valence-corrected chi connectivity index (χ3v) is 4.71. The zero-order valence-corrected chi connectivity index (χ0v) is 11.7. The molecule has 1 aliphatic carbocycles. The van der Waals surface area contributed by atoms with Crippen molar-refractivity contribution >= 4 is 28.2 Å². The summed E-state index contributed by atoms with van der Waals surface area (Å²) in [7, 11) is 0. The largest absolute Gasteiger partial charge is 0.381 e. The van der Waals surface area contributed by atoms with Gasteiger partial charge in [0.25, 0.3) is 0 Å². The van der Waals surface area contributed by atoms with Gasteiger partial charge in [-0.25, -0.2) is 0 Å². The van der Waals surface area contributed by atoms with E-state index in [2.05, 4.69) is 20.5 Å². The normalized spacial score (nSPS) is 28.8. The molecule has 20 heavy (non-hydrogen) atoms. The topological polar surface area (TPSA) is 59.9 Å². The van der Waals surface area contributed by atoms with E-state index in [4.69, 9.17) is 16.3 Å². The molecule has 2 unspecified atom stereocenters. The van der Waals surface area contributed by atoms with Crippen molar-refractivity contribution in [3.05, 3.63) is 23.6 Å². The highest BCUT2D eigenvalue weighted by molar-refractivity contribution is 6.34. The summed E-state index contributed by atoms with van der Waals surface area (Å²) < 4.78 is 5.62. The standard InChI is InChI=1S/C14H15ClN4O/c15-13-10-3-4-16-5-11(10)14(19-18-13)17-12-8-1-2-9(12)7-20-6-8/h3-5,8-9,12H,1-2,6-7H2,(H,17,19)/t8-,9?,12?/m1/s1. The molecule has 5 nitrogen and oxygen atoms in total. The highest BCUT2D eigenvalue weighted by Gasteiger charge is 2.40. The molecule has 1 aliphatic heterocycles. The van der Waals surface area contributed by atoms with Crippen LogP contribution in [0.25, 0.3) is 10.8 Å². The zero-order valence-electron chi connectivity index (χ0n) is 10.9. The molecule has 1 N–H and O–H groups in total. The minimum absolute atomic E-state index is 0.419. The number of hydrogen-bond acceptors (Lipinski definition) is 5. The number of pyridine rings is 1. The van der Waals surface area contributed by atoms with Gasteiger partial charge in [0.1, 0.15) is 0 Å². The number of halogens is 1. The molecule has 0 spiro atoms. The van der Waals surface area contributed by atoms with Gasteiger partial charge in [-0.05, 0) is 18.9 Å². The molecule has 0 amide bonds. The molecule has 1 saturated carbocycles. The Hall–Kier alpha value is -1.46. The molecule has 1 saturated heterocycles. The highest BCUT2D eigenvalue weighted by atomic mass is 35.5. The maximum absolute atomic E-state index is 6.09. The third-order valence-electron chi connectivity index (χ3n) is 4.43. The Balaban J connectivity index is 1.71. The van der Waals surface area contributed by atoms with Crippen LogP contribution in [0.15, 0.2) is 18.5 Å². The molecular weight excluding hydrogens is 276 g/mol. The van der Waals surface area contributed by atoms with Crippen molar-refractivity contribution in [2.24, 2.45) is 11.8 Å². The van der Waals surface area contributed by atoms with Gasteiger partial charge in [0.2, 0.25) is 0 Å². The Morgan fingerprint density at radius 2 is 1.95 bits per heavy atom. The van der Waals surface area contributed by atoms with E-state index in [1.807, 2.05) is 6.07 Å². The second-order valence-electron chi connectivity index (χ2n) is 5.57.